The molecule has 7 heteroatoms. The summed E-state index contributed by atoms with van der Waals surface area (Å²) in [6, 6.07) is 3.58. The van der Waals surface area contributed by atoms with Crippen LogP contribution < -0.4 is 11.1 Å². The van der Waals surface area contributed by atoms with Gasteiger partial charge in [0.25, 0.3) is 5.91 Å². The zero-order valence-electron chi connectivity index (χ0n) is 11.8. The van der Waals surface area contributed by atoms with Crippen LogP contribution in [-0.4, -0.2) is 38.3 Å². The Kier molecular flexibility index (Phi) is 5.13. The molecule has 0 bridgehead atoms. The first-order chi connectivity index (χ1) is 9.15. The summed E-state index contributed by atoms with van der Waals surface area (Å²) < 4.78 is 23.0. The van der Waals surface area contributed by atoms with E-state index in [1.807, 2.05) is 13.8 Å². The van der Waals surface area contributed by atoms with E-state index < -0.39 is 21.8 Å². The zero-order valence-corrected chi connectivity index (χ0v) is 12.6. The molecule has 1 atom stereocenters. The molecule has 0 aliphatic carbocycles. The van der Waals surface area contributed by atoms with Crippen molar-refractivity contribution >= 4 is 21.4 Å². The number of benzene rings is 1. The molecule has 0 aromatic heterocycles. The van der Waals surface area contributed by atoms with Gasteiger partial charge in [0, 0.05) is 17.5 Å². The second-order valence-corrected chi connectivity index (χ2v) is 7.09. The van der Waals surface area contributed by atoms with Crippen LogP contribution in [0, 0.1) is 5.92 Å². The lowest BCUT2D eigenvalue weighted by Gasteiger charge is -2.20. The average Bonchev–Trinajstić information content (AvgIpc) is 2.33. The lowest BCUT2D eigenvalue weighted by molar-refractivity contribution is 0.0896. The van der Waals surface area contributed by atoms with Gasteiger partial charge in [-0.15, -0.1) is 0 Å². The number of hydrogen-bond donors (Lipinski definition) is 3. The fourth-order valence-corrected chi connectivity index (χ4v) is 2.33. The summed E-state index contributed by atoms with van der Waals surface area (Å²) in [5.41, 5.74) is 5.98. The molecule has 112 valence electrons. The summed E-state index contributed by atoms with van der Waals surface area (Å²) in [7, 11) is -3.44. The van der Waals surface area contributed by atoms with E-state index in [9.17, 15) is 18.3 Å². The van der Waals surface area contributed by atoms with E-state index in [1.54, 1.807) is 0 Å². The van der Waals surface area contributed by atoms with E-state index >= 15 is 0 Å². The number of carbonyl (C=O) groups is 1. The third-order valence-electron chi connectivity index (χ3n) is 2.94. The summed E-state index contributed by atoms with van der Waals surface area (Å²) in [5.74, 6) is -0.408. The number of aliphatic hydroxyl groups excluding tert-OH is 1. The van der Waals surface area contributed by atoms with Crippen molar-refractivity contribution in [2.45, 2.75) is 24.8 Å². The van der Waals surface area contributed by atoms with Crippen LogP contribution in [0.4, 0.5) is 5.69 Å². The molecule has 0 unspecified atom stereocenters. The number of amides is 1. The molecule has 1 amide bonds. The number of sulfone groups is 1. The maximum absolute atomic E-state index is 12.1. The van der Waals surface area contributed by atoms with Crippen LogP contribution in [0.25, 0.3) is 0 Å². The molecule has 0 spiro atoms. The van der Waals surface area contributed by atoms with Gasteiger partial charge in [0.15, 0.2) is 9.84 Å². The highest BCUT2D eigenvalue weighted by Gasteiger charge is 2.18. The van der Waals surface area contributed by atoms with Gasteiger partial charge >= 0.3 is 0 Å². The Morgan fingerprint density at radius 3 is 2.40 bits per heavy atom. The van der Waals surface area contributed by atoms with Crippen molar-refractivity contribution in [2.24, 2.45) is 5.92 Å². The van der Waals surface area contributed by atoms with E-state index in [2.05, 4.69) is 5.32 Å². The quantitative estimate of drug-likeness (QED) is 0.683. The number of anilines is 1. The summed E-state index contributed by atoms with van der Waals surface area (Å²) in [6.45, 7) is 3.54. The molecule has 20 heavy (non-hydrogen) atoms. The molecule has 4 N–H and O–H groups in total. The average molecular weight is 300 g/mol. The SMILES string of the molecule is CC(C)[C@@H](CO)NC(=O)c1cc(N)cc(S(C)(=O)=O)c1. The van der Waals surface area contributed by atoms with Crippen LogP contribution >= 0.6 is 0 Å². The molecular formula is C13H20N2O4S. The number of nitrogen functional groups attached to an aromatic ring is 1. The topological polar surface area (TPSA) is 109 Å². The Hall–Kier alpha value is -1.60. The highest BCUT2D eigenvalue weighted by molar-refractivity contribution is 7.90. The number of nitrogens with one attached hydrogen (secondary N) is 1. The minimum Gasteiger partial charge on any atom is -0.399 e. The Morgan fingerprint density at radius 1 is 1.35 bits per heavy atom. The van der Waals surface area contributed by atoms with Crippen LogP contribution in [0.5, 0.6) is 0 Å². The molecule has 0 heterocycles. The predicted octanol–water partition coefficient (Wildman–Crippen LogP) is 0.419. The zero-order chi connectivity index (χ0) is 15.5. The first-order valence-corrected chi connectivity index (χ1v) is 8.06. The minimum absolute atomic E-state index is 0.00672. The van der Waals surface area contributed by atoms with Crippen LogP contribution in [0.15, 0.2) is 23.1 Å². The standard InChI is InChI=1S/C13H20N2O4S/c1-8(2)12(7-16)15-13(17)9-4-10(14)6-11(5-9)20(3,18)19/h4-6,8,12,16H,7,14H2,1-3H3,(H,15,17)/t12-/m1/s1. The van der Waals surface area contributed by atoms with Crippen LogP contribution in [0.1, 0.15) is 24.2 Å². The Bertz CT molecular complexity index is 596. The molecule has 1 aromatic rings. The molecule has 6 nitrogen and oxygen atoms in total. The van der Waals surface area contributed by atoms with E-state index in [0.29, 0.717) is 0 Å². The highest BCUT2D eigenvalue weighted by atomic mass is 32.2. The number of aliphatic hydroxyl groups is 1. The maximum Gasteiger partial charge on any atom is 0.251 e. The van der Waals surface area contributed by atoms with Gasteiger partial charge in [0.2, 0.25) is 0 Å². The first kappa shape index (κ1) is 16.5. The van der Waals surface area contributed by atoms with Crippen LogP contribution in [-0.2, 0) is 9.84 Å². The first-order valence-electron chi connectivity index (χ1n) is 6.17. The molecule has 0 saturated heterocycles. The Balaban J connectivity index is 3.08. The predicted molar refractivity (Wildman–Crippen MR) is 77.1 cm³/mol. The van der Waals surface area contributed by atoms with Gasteiger partial charge in [-0.3, -0.25) is 4.79 Å². The fourth-order valence-electron chi connectivity index (χ4n) is 1.64. The molecule has 0 saturated carbocycles. The molecule has 1 aromatic carbocycles. The second kappa shape index (κ2) is 6.23. The molecular weight excluding hydrogens is 280 g/mol. The van der Waals surface area contributed by atoms with Gasteiger partial charge in [0.1, 0.15) is 0 Å². The van der Waals surface area contributed by atoms with Crippen LogP contribution in [0.2, 0.25) is 0 Å². The van der Waals surface area contributed by atoms with E-state index in [0.717, 1.165) is 6.26 Å². The van der Waals surface area contributed by atoms with Gasteiger partial charge in [0.05, 0.1) is 17.5 Å². The van der Waals surface area contributed by atoms with Gasteiger partial charge in [-0.05, 0) is 24.1 Å². The molecule has 0 aliphatic heterocycles. The molecule has 0 fully saturated rings. The van der Waals surface area contributed by atoms with Crippen molar-refractivity contribution in [3.63, 3.8) is 0 Å². The van der Waals surface area contributed by atoms with E-state index in [1.165, 1.54) is 18.2 Å². The highest BCUT2D eigenvalue weighted by Crippen LogP contribution is 2.17. The van der Waals surface area contributed by atoms with Gasteiger partial charge in [-0.25, -0.2) is 8.42 Å². The van der Waals surface area contributed by atoms with Crippen molar-refractivity contribution < 1.29 is 18.3 Å². The molecule has 1 rings (SSSR count). The summed E-state index contributed by atoms with van der Waals surface area (Å²) in [4.78, 5) is 12.1. The molecule has 0 radical (unpaired) electrons. The van der Waals surface area contributed by atoms with E-state index in [-0.39, 0.29) is 28.7 Å². The Labute approximate surface area is 118 Å². The van der Waals surface area contributed by atoms with Gasteiger partial charge < -0.3 is 16.2 Å². The van der Waals surface area contributed by atoms with Gasteiger partial charge in [-0.2, -0.15) is 0 Å². The molecule has 0 aliphatic rings. The number of carbonyl (C=O) groups excluding carboxylic acids is 1. The van der Waals surface area contributed by atoms with Crippen LogP contribution in [0.3, 0.4) is 0 Å². The number of nitrogens with two attached hydrogens (primary N) is 1. The van der Waals surface area contributed by atoms with Crippen molar-refractivity contribution in [1.29, 1.82) is 0 Å². The third kappa shape index (κ3) is 4.21. The second-order valence-electron chi connectivity index (χ2n) is 5.07. The van der Waals surface area contributed by atoms with Crippen molar-refractivity contribution in [2.75, 3.05) is 18.6 Å². The van der Waals surface area contributed by atoms with Crippen molar-refractivity contribution in [3.8, 4) is 0 Å². The summed E-state index contributed by atoms with van der Waals surface area (Å²) >= 11 is 0. The number of rotatable bonds is 5. The summed E-state index contributed by atoms with van der Waals surface area (Å²) in [5, 5.41) is 11.8. The van der Waals surface area contributed by atoms with E-state index in [4.69, 9.17) is 5.73 Å². The lowest BCUT2D eigenvalue weighted by Crippen LogP contribution is -2.41. The monoisotopic (exact) mass is 300 g/mol. The normalized spacial score (nSPS) is 13.2. The number of hydrogen-bond acceptors (Lipinski definition) is 5. The largest absolute Gasteiger partial charge is 0.399 e. The van der Waals surface area contributed by atoms with Gasteiger partial charge in [-0.1, -0.05) is 13.8 Å². The fraction of sp³-hybridized carbons (Fsp3) is 0.462. The maximum atomic E-state index is 12.1. The lowest BCUT2D eigenvalue weighted by atomic mass is 10.0. The Morgan fingerprint density at radius 2 is 1.95 bits per heavy atom. The smallest absolute Gasteiger partial charge is 0.251 e. The third-order valence-corrected chi connectivity index (χ3v) is 4.03. The van der Waals surface area contributed by atoms with Crippen molar-refractivity contribution in [1.82, 2.24) is 5.32 Å². The minimum atomic E-state index is -3.44. The van der Waals surface area contributed by atoms with Crippen molar-refractivity contribution in [3.05, 3.63) is 23.8 Å². The summed E-state index contributed by atoms with van der Waals surface area (Å²) in [6.07, 6.45) is 1.05.